The molecule has 31 heavy (non-hydrogen) atoms. The van der Waals surface area contributed by atoms with Crippen molar-refractivity contribution in [2.75, 3.05) is 12.4 Å². The van der Waals surface area contributed by atoms with E-state index in [1.165, 1.54) is 11.3 Å². The van der Waals surface area contributed by atoms with Gasteiger partial charge in [0.1, 0.15) is 16.4 Å². The molecular formula is C22H19ClN4O3S. The molecule has 0 aliphatic carbocycles. The van der Waals surface area contributed by atoms with Crippen LogP contribution in [0.2, 0.25) is 5.02 Å². The number of benzene rings is 2. The number of halogens is 1. The van der Waals surface area contributed by atoms with Crippen molar-refractivity contribution < 1.29 is 14.3 Å². The van der Waals surface area contributed by atoms with Crippen LogP contribution in [-0.2, 0) is 17.8 Å². The molecule has 2 amide bonds. The predicted octanol–water partition coefficient (Wildman–Crippen LogP) is 4.40. The summed E-state index contributed by atoms with van der Waals surface area (Å²) in [6.07, 6.45) is 0.135. The Kier molecular flexibility index (Phi) is 6.20. The van der Waals surface area contributed by atoms with Crippen LogP contribution in [0.25, 0.3) is 10.2 Å². The van der Waals surface area contributed by atoms with Crippen molar-refractivity contribution in [3.8, 4) is 5.75 Å². The van der Waals surface area contributed by atoms with Crippen LogP contribution in [0.3, 0.4) is 0 Å². The number of aromatic amines is 1. The van der Waals surface area contributed by atoms with Gasteiger partial charge in [0.25, 0.3) is 5.91 Å². The number of rotatable bonds is 7. The van der Waals surface area contributed by atoms with E-state index in [0.29, 0.717) is 38.2 Å². The van der Waals surface area contributed by atoms with Gasteiger partial charge in [-0.15, -0.1) is 11.3 Å². The standard InChI is InChI=1S/C22H19ClN4O3S/c1-30-17-9-5-3-7-14(17)12-24-21(29)18-11-15-20(26-27-22(15)31-18)25-19(28)10-13-6-2-4-8-16(13)23/h2-9,11H,10,12H2,1H3,(H,24,29)(H2,25,26,27,28). The Morgan fingerprint density at radius 2 is 1.87 bits per heavy atom. The summed E-state index contributed by atoms with van der Waals surface area (Å²) in [6.45, 7) is 0.339. The third kappa shape index (κ3) is 4.70. The molecule has 9 heteroatoms. The smallest absolute Gasteiger partial charge is 0.261 e. The molecule has 158 valence electrons. The minimum atomic E-state index is -0.230. The van der Waals surface area contributed by atoms with Gasteiger partial charge in [-0.05, 0) is 23.8 Å². The van der Waals surface area contributed by atoms with Crippen LogP contribution in [0.5, 0.6) is 5.75 Å². The molecule has 4 rings (SSSR count). The van der Waals surface area contributed by atoms with Gasteiger partial charge >= 0.3 is 0 Å². The maximum Gasteiger partial charge on any atom is 0.261 e. The quantitative estimate of drug-likeness (QED) is 0.385. The average molecular weight is 455 g/mol. The number of carbonyl (C=O) groups excluding carboxylic acids is 2. The van der Waals surface area contributed by atoms with E-state index in [0.717, 1.165) is 11.1 Å². The number of nitrogens with zero attached hydrogens (tertiary/aromatic N) is 1. The second-order valence-corrected chi connectivity index (χ2v) is 8.18. The molecule has 2 aromatic carbocycles. The van der Waals surface area contributed by atoms with E-state index < -0.39 is 0 Å². The highest BCUT2D eigenvalue weighted by Gasteiger charge is 2.17. The first kappa shape index (κ1) is 20.9. The average Bonchev–Trinajstić information content (AvgIpc) is 3.36. The molecule has 2 heterocycles. The van der Waals surface area contributed by atoms with Crippen LogP contribution >= 0.6 is 22.9 Å². The zero-order valence-corrected chi connectivity index (χ0v) is 18.1. The van der Waals surface area contributed by atoms with Gasteiger partial charge in [-0.3, -0.25) is 14.7 Å². The topological polar surface area (TPSA) is 96.1 Å². The van der Waals surface area contributed by atoms with Crippen LogP contribution in [0.4, 0.5) is 5.82 Å². The Morgan fingerprint density at radius 3 is 2.65 bits per heavy atom. The molecular weight excluding hydrogens is 436 g/mol. The monoisotopic (exact) mass is 454 g/mol. The highest BCUT2D eigenvalue weighted by atomic mass is 35.5. The Bertz CT molecular complexity index is 1250. The molecule has 0 aliphatic rings. The molecule has 0 radical (unpaired) electrons. The molecule has 7 nitrogen and oxygen atoms in total. The van der Waals surface area contributed by atoms with Gasteiger partial charge in [0.2, 0.25) is 5.91 Å². The number of para-hydroxylation sites is 1. The molecule has 0 spiro atoms. The Labute approximate surface area is 187 Å². The van der Waals surface area contributed by atoms with Crippen LogP contribution in [-0.4, -0.2) is 29.1 Å². The predicted molar refractivity (Wildman–Crippen MR) is 122 cm³/mol. The van der Waals surface area contributed by atoms with Crippen molar-refractivity contribution in [3.63, 3.8) is 0 Å². The molecule has 0 unspecified atom stereocenters. The molecule has 0 fully saturated rings. The van der Waals surface area contributed by atoms with Crippen LogP contribution < -0.4 is 15.4 Å². The van der Waals surface area contributed by atoms with Gasteiger partial charge in [0.15, 0.2) is 0 Å². The zero-order valence-electron chi connectivity index (χ0n) is 16.6. The molecule has 0 saturated heterocycles. The van der Waals surface area contributed by atoms with E-state index in [1.807, 2.05) is 36.4 Å². The highest BCUT2D eigenvalue weighted by Crippen LogP contribution is 2.29. The number of amides is 2. The van der Waals surface area contributed by atoms with Crippen molar-refractivity contribution >= 4 is 50.8 Å². The lowest BCUT2D eigenvalue weighted by atomic mass is 10.1. The van der Waals surface area contributed by atoms with Crippen molar-refractivity contribution in [1.29, 1.82) is 0 Å². The maximum absolute atomic E-state index is 12.6. The number of carbonyl (C=O) groups is 2. The summed E-state index contributed by atoms with van der Waals surface area (Å²) < 4.78 is 5.31. The van der Waals surface area contributed by atoms with Gasteiger partial charge < -0.3 is 15.4 Å². The fourth-order valence-corrected chi connectivity index (χ4v) is 4.24. The lowest BCUT2D eigenvalue weighted by Gasteiger charge is -2.08. The minimum Gasteiger partial charge on any atom is -0.496 e. The summed E-state index contributed by atoms with van der Waals surface area (Å²) in [5.74, 6) is 0.717. The first-order chi connectivity index (χ1) is 15.0. The van der Waals surface area contributed by atoms with Gasteiger partial charge in [0, 0.05) is 17.1 Å². The van der Waals surface area contributed by atoms with Crippen LogP contribution in [0.15, 0.2) is 54.6 Å². The van der Waals surface area contributed by atoms with Crippen LogP contribution in [0, 0.1) is 0 Å². The minimum absolute atomic E-state index is 0.135. The largest absolute Gasteiger partial charge is 0.496 e. The Morgan fingerprint density at radius 1 is 1.13 bits per heavy atom. The number of hydrogen-bond acceptors (Lipinski definition) is 5. The lowest BCUT2D eigenvalue weighted by Crippen LogP contribution is -2.22. The fraction of sp³-hybridized carbons (Fsp3) is 0.136. The van der Waals surface area contributed by atoms with E-state index in [4.69, 9.17) is 16.3 Å². The molecule has 2 aromatic heterocycles. The molecule has 0 bridgehead atoms. The third-order valence-electron chi connectivity index (χ3n) is 4.68. The third-order valence-corrected chi connectivity index (χ3v) is 6.08. The highest BCUT2D eigenvalue weighted by molar-refractivity contribution is 7.20. The molecule has 0 atom stereocenters. The number of H-pyrrole nitrogens is 1. The van der Waals surface area contributed by atoms with Gasteiger partial charge in [-0.1, -0.05) is 48.0 Å². The molecule has 3 N–H and O–H groups in total. The number of nitrogens with one attached hydrogen (secondary N) is 3. The van der Waals surface area contributed by atoms with Crippen molar-refractivity contribution in [2.24, 2.45) is 0 Å². The summed E-state index contributed by atoms with van der Waals surface area (Å²) in [5.41, 5.74) is 1.62. The van der Waals surface area contributed by atoms with Crippen LogP contribution in [0.1, 0.15) is 20.8 Å². The summed E-state index contributed by atoms with van der Waals surface area (Å²) >= 11 is 7.37. The number of methoxy groups -OCH3 is 1. The van der Waals surface area contributed by atoms with Gasteiger partial charge in [-0.2, -0.15) is 5.10 Å². The zero-order chi connectivity index (χ0) is 21.8. The SMILES string of the molecule is COc1ccccc1CNC(=O)c1cc2c(NC(=O)Cc3ccccc3Cl)[nH]nc2s1. The van der Waals surface area contributed by atoms with Gasteiger partial charge in [0.05, 0.1) is 23.8 Å². The Hall–Kier alpha value is -3.36. The first-order valence-corrected chi connectivity index (χ1v) is 10.7. The van der Waals surface area contributed by atoms with Crippen molar-refractivity contribution in [2.45, 2.75) is 13.0 Å². The fourth-order valence-electron chi connectivity index (χ4n) is 3.13. The van der Waals surface area contributed by atoms with E-state index in [9.17, 15) is 9.59 Å². The Balaban J connectivity index is 1.44. The number of thiophene rings is 1. The summed E-state index contributed by atoms with van der Waals surface area (Å²) in [4.78, 5) is 26.2. The normalized spacial score (nSPS) is 10.8. The number of fused-ring (bicyclic) bond motifs is 1. The number of ether oxygens (including phenoxy) is 1. The second-order valence-electron chi connectivity index (χ2n) is 6.74. The number of anilines is 1. The number of aromatic nitrogens is 2. The lowest BCUT2D eigenvalue weighted by molar-refractivity contribution is -0.115. The summed E-state index contributed by atoms with van der Waals surface area (Å²) in [6, 6.07) is 16.4. The van der Waals surface area contributed by atoms with E-state index in [-0.39, 0.29) is 18.2 Å². The molecule has 0 saturated carbocycles. The van der Waals surface area contributed by atoms with Crippen molar-refractivity contribution in [1.82, 2.24) is 15.5 Å². The number of hydrogen-bond donors (Lipinski definition) is 3. The molecule has 0 aliphatic heterocycles. The first-order valence-electron chi connectivity index (χ1n) is 9.46. The van der Waals surface area contributed by atoms with Crippen molar-refractivity contribution in [3.05, 3.63) is 75.6 Å². The summed E-state index contributed by atoms with van der Waals surface area (Å²) in [7, 11) is 1.59. The maximum atomic E-state index is 12.6. The second kappa shape index (κ2) is 9.20. The summed E-state index contributed by atoms with van der Waals surface area (Å²) in [5, 5.41) is 13.9. The van der Waals surface area contributed by atoms with E-state index in [2.05, 4.69) is 20.8 Å². The van der Waals surface area contributed by atoms with E-state index >= 15 is 0 Å². The molecule has 4 aromatic rings. The van der Waals surface area contributed by atoms with Gasteiger partial charge in [-0.25, -0.2) is 0 Å². The van der Waals surface area contributed by atoms with E-state index in [1.54, 1.807) is 25.3 Å².